The Hall–Kier alpha value is -1.76. The van der Waals surface area contributed by atoms with Gasteiger partial charge in [-0.15, -0.1) is 11.3 Å². The number of amides is 1. The minimum Gasteiger partial charge on any atom is -0.317 e. The molecule has 3 N–H and O–H groups in total. The number of aromatic nitrogens is 1. The fourth-order valence-electron chi connectivity index (χ4n) is 3.24. The molecular formula is C17H20N4OS. The van der Waals surface area contributed by atoms with E-state index < -0.39 is 0 Å². The van der Waals surface area contributed by atoms with Crippen LogP contribution in [0.25, 0.3) is 0 Å². The number of carbonyl (C=O) groups excluding carboxylic acids is 1. The first-order valence-corrected chi connectivity index (χ1v) is 8.91. The largest absolute Gasteiger partial charge is 0.317 e. The average molecular weight is 328 g/mol. The van der Waals surface area contributed by atoms with Gasteiger partial charge in [0.05, 0.1) is 0 Å². The van der Waals surface area contributed by atoms with E-state index in [0.717, 1.165) is 39.0 Å². The van der Waals surface area contributed by atoms with Crippen LogP contribution in [0.5, 0.6) is 0 Å². The van der Waals surface area contributed by atoms with Crippen LogP contribution in [-0.2, 0) is 13.1 Å². The number of nitrogens with zero attached hydrogens (tertiary/aromatic N) is 1. The minimum atomic E-state index is -0.0779. The predicted molar refractivity (Wildman–Crippen MR) is 91.9 cm³/mol. The topological polar surface area (TPSA) is 66.0 Å². The number of benzene rings is 1. The van der Waals surface area contributed by atoms with Crippen molar-refractivity contribution in [3.8, 4) is 0 Å². The number of piperidine rings is 1. The fourth-order valence-corrected chi connectivity index (χ4v) is 4.23. The third-order valence-electron chi connectivity index (χ3n) is 4.58. The molecule has 1 saturated heterocycles. The van der Waals surface area contributed by atoms with E-state index >= 15 is 0 Å². The summed E-state index contributed by atoms with van der Waals surface area (Å²) in [6, 6.07) is 5.90. The fraction of sp³-hybridized carbons (Fsp3) is 0.412. The maximum Gasteiger partial charge on any atom is 0.257 e. The van der Waals surface area contributed by atoms with Gasteiger partial charge in [-0.3, -0.25) is 10.1 Å². The van der Waals surface area contributed by atoms with E-state index in [9.17, 15) is 4.79 Å². The van der Waals surface area contributed by atoms with Crippen LogP contribution in [0, 0.1) is 0 Å². The highest BCUT2D eigenvalue weighted by Crippen LogP contribution is 2.31. The standard InChI is InChI=1S/C17H20N4OS/c22-16(12-1-2-13-8-19-9-14(13)7-12)21-17-20-10-15(23-17)11-3-5-18-6-4-11/h1-2,7,10-11,18-19H,3-6,8-9H2,(H,20,21,22). The molecule has 1 aromatic carbocycles. The second-order valence-corrected chi connectivity index (χ2v) is 7.20. The summed E-state index contributed by atoms with van der Waals surface area (Å²) in [5.74, 6) is 0.497. The highest BCUT2D eigenvalue weighted by molar-refractivity contribution is 7.15. The van der Waals surface area contributed by atoms with Gasteiger partial charge in [-0.2, -0.15) is 0 Å². The van der Waals surface area contributed by atoms with Crippen molar-refractivity contribution in [1.29, 1.82) is 0 Å². The van der Waals surface area contributed by atoms with E-state index in [2.05, 4.69) is 20.9 Å². The number of hydrogen-bond donors (Lipinski definition) is 3. The number of rotatable bonds is 3. The molecule has 1 amide bonds. The Morgan fingerprint density at radius 2 is 2.00 bits per heavy atom. The van der Waals surface area contributed by atoms with Crippen LogP contribution in [0.3, 0.4) is 0 Å². The van der Waals surface area contributed by atoms with Crippen molar-refractivity contribution in [2.45, 2.75) is 31.8 Å². The van der Waals surface area contributed by atoms with Crippen LogP contribution in [0.15, 0.2) is 24.4 Å². The van der Waals surface area contributed by atoms with Crippen molar-refractivity contribution < 1.29 is 4.79 Å². The monoisotopic (exact) mass is 328 g/mol. The molecule has 0 bridgehead atoms. The zero-order chi connectivity index (χ0) is 15.6. The van der Waals surface area contributed by atoms with Gasteiger partial charge in [0.2, 0.25) is 0 Å². The van der Waals surface area contributed by atoms with Gasteiger partial charge in [-0.1, -0.05) is 6.07 Å². The van der Waals surface area contributed by atoms with Crippen molar-refractivity contribution in [2.24, 2.45) is 0 Å². The lowest BCUT2D eigenvalue weighted by atomic mass is 9.97. The molecule has 2 aliphatic rings. The normalized spacial score (nSPS) is 17.9. The van der Waals surface area contributed by atoms with Crippen molar-refractivity contribution in [3.63, 3.8) is 0 Å². The minimum absolute atomic E-state index is 0.0779. The van der Waals surface area contributed by atoms with Crippen molar-refractivity contribution in [2.75, 3.05) is 18.4 Å². The molecular weight excluding hydrogens is 308 g/mol. The molecule has 3 heterocycles. The molecule has 120 valence electrons. The van der Waals surface area contributed by atoms with Gasteiger partial charge in [0.1, 0.15) is 0 Å². The molecule has 1 fully saturated rings. The van der Waals surface area contributed by atoms with Crippen LogP contribution in [0.2, 0.25) is 0 Å². The number of hydrogen-bond acceptors (Lipinski definition) is 5. The van der Waals surface area contributed by atoms with Gasteiger partial charge in [-0.05, 0) is 55.1 Å². The molecule has 0 atom stereocenters. The first-order chi connectivity index (χ1) is 11.3. The molecule has 23 heavy (non-hydrogen) atoms. The first-order valence-electron chi connectivity index (χ1n) is 8.10. The van der Waals surface area contributed by atoms with Gasteiger partial charge in [0.15, 0.2) is 5.13 Å². The Labute approximate surface area is 139 Å². The third kappa shape index (κ3) is 3.15. The van der Waals surface area contributed by atoms with Gasteiger partial charge in [0.25, 0.3) is 5.91 Å². The lowest BCUT2D eigenvalue weighted by Crippen LogP contribution is -2.26. The van der Waals surface area contributed by atoms with Crippen LogP contribution in [-0.4, -0.2) is 24.0 Å². The summed E-state index contributed by atoms with van der Waals surface area (Å²) in [6.07, 6.45) is 4.21. The van der Waals surface area contributed by atoms with E-state index in [1.165, 1.54) is 16.0 Å². The van der Waals surface area contributed by atoms with Crippen LogP contribution >= 0.6 is 11.3 Å². The van der Waals surface area contributed by atoms with Crippen molar-refractivity contribution in [3.05, 3.63) is 46.0 Å². The Kier molecular flexibility index (Phi) is 4.11. The van der Waals surface area contributed by atoms with Crippen LogP contribution < -0.4 is 16.0 Å². The molecule has 6 heteroatoms. The van der Waals surface area contributed by atoms with Crippen molar-refractivity contribution >= 4 is 22.4 Å². The third-order valence-corrected chi connectivity index (χ3v) is 5.66. The van der Waals surface area contributed by atoms with E-state index in [0.29, 0.717) is 16.6 Å². The maximum atomic E-state index is 12.4. The van der Waals surface area contributed by atoms with Gasteiger partial charge >= 0.3 is 0 Å². The molecule has 0 radical (unpaired) electrons. The summed E-state index contributed by atoms with van der Waals surface area (Å²) in [6.45, 7) is 3.86. The Bertz CT molecular complexity index is 721. The highest BCUT2D eigenvalue weighted by atomic mass is 32.1. The van der Waals surface area contributed by atoms with E-state index in [-0.39, 0.29) is 5.91 Å². The summed E-state index contributed by atoms with van der Waals surface area (Å²) in [5.41, 5.74) is 3.20. The number of thiazole rings is 1. The summed E-state index contributed by atoms with van der Waals surface area (Å²) in [7, 11) is 0. The molecule has 5 nitrogen and oxygen atoms in total. The Balaban J connectivity index is 1.45. The molecule has 0 spiro atoms. The van der Waals surface area contributed by atoms with Gasteiger partial charge in [0, 0.05) is 29.7 Å². The molecule has 4 rings (SSSR count). The lowest BCUT2D eigenvalue weighted by molar-refractivity contribution is 0.102. The number of anilines is 1. The van der Waals surface area contributed by atoms with Crippen LogP contribution in [0.4, 0.5) is 5.13 Å². The molecule has 0 aliphatic carbocycles. The summed E-state index contributed by atoms with van der Waals surface area (Å²) < 4.78 is 0. The molecule has 0 saturated carbocycles. The zero-order valence-electron chi connectivity index (χ0n) is 12.9. The predicted octanol–water partition coefficient (Wildman–Crippen LogP) is 2.47. The molecule has 0 unspecified atom stereocenters. The zero-order valence-corrected chi connectivity index (χ0v) is 13.7. The van der Waals surface area contributed by atoms with Crippen molar-refractivity contribution in [1.82, 2.24) is 15.6 Å². The molecule has 2 aliphatic heterocycles. The number of fused-ring (bicyclic) bond motifs is 1. The number of nitrogens with one attached hydrogen (secondary N) is 3. The second-order valence-electron chi connectivity index (χ2n) is 6.13. The average Bonchev–Trinajstić information content (AvgIpc) is 3.24. The van der Waals surface area contributed by atoms with E-state index in [1.807, 2.05) is 24.4 Å². The first kappa shape index (κ1) is 14.8. The van der Waals surface area contributed by atoms with E-state index in [1.54, 1.807) is 11.3 Å². The summed E-state index contributed by atoms with van der Waals surface area (Å²) in [4.78, 5) is 18.1. The van der Waals surface area contributed by atoms with Crippen LogP contribution in [0.1, 0.15) is 45.1 Å². The SMILES string of the molecule is O=C(Nc1ncc(C2CCNCC2)s1)c1ccc2c(c1)CNC2. The Morgan fingerprint density at radius 3 is 2.87 bits per heavy atom. The van der Waals surface area contributed by atoms with E-state index in [4.69, 9.17) is 0 Å². The van der Waals surface area contributed by atoms with Gasteiger partial charge in [-0.25, -0.2) is 4.98 Å². The lowest BCUT2D eigenvalue weighted by Gasteiger charge is -2.20. The quantitative estimate of drug-likeness (QED) is 0.810. The summed E-state index contributed by atoms with van der Waals surface area (Å²) >= 11 is 1.60. The molecule has 1 aromatic heterocycles. The summed E-state index contributed by atoms with van der Waals surface area (Å²) in [5, 5.41) is 10.3. The molecule has 2 aromatic rings. The maximum absolute atomic E-state index is 12.4. The smallest absolute Gasteiger partial charge is 0.257 e. The Morgan fingerprint density at radius 1 is 1.17 bits per heavy atom. The number of carbonyl (C=O) groups is 1. The van der Waals surface area contributed by atoms with Gasteiger partial charge < -0.3 is 10.6 Å². The second kappa shape index (κ2) is 6.39. The highest BCUT2D eigenvalue weighted by Gasteiger charge is 2.19.